The number of carbonyl (C=O) groups excluding carboxylic acids is 1. The van der Waals surface area contributed by atoms with Crippen LogP contribution in [0.15, 0.2) is 55.1 Å². The number of carbonyl (C=O) groups is 1. The lowest BCUT2D eigenvalue weighted by atomic mass is 9.92. The van der Waals surface area contributed by atoms with Crippen molar-refractivity contribution in [2.75, 3.05) is 23.9 Å². The summed E-state index contributed by atoms with van der Waals surface area (Å²) in [6, 6.07) is 4.22. The van der Waals surface area contributed by atoms with E-state index >= 15 is 0 Å². The van der Waals surface area contributed by atoms with Gasteiger partial charge in [0.25, 0.3) is 0 Å². The zero-order valence-corrected chi connectivity index (χ0v) is 27.8. The van der Waals surface area contributed by atoms with E-state index in [-0.39, 0.29) is 5.54 Å². The molecule has 0 bridgehead atoms. The first-order valence-corrected chi connectivity index (χ1v) is 15.1. The molecule has 0 aliphatic heterocycles. The molecular formula is C33H57ClN6O. The van der Waals surface area contributed by atoms with E-state index < -0.39 is 0 Å². The van der Waals surface area contributed by atoms with Crippen molar-refractivity contribution in [3.05, 3.63) is 66.4 Å². The molecule has 1 atom stereocenters. The number of nitrogens with zero attached hydrogens (tertiary/aromatic N) is 4. The molecule has 0 aromatic carbocycles. The Labute approximate surface area is 255 Å². The third kappa shape index (κ3) is 18.9. The average Bonchev–Trinajstić information content (AvgIpc) is 3.48. The number of pyridine rings is 1. The van der Waals surface area contributed by atoms with Crippen molar-refractivity contribution in [3.63, 3.8) is 0 Å². The van der Waals surface area contributed by atoms with Crippen LogP contribution in [0, 0.1) is 0 Å². The molecule has 0 aliphatic rings. The number of rotatable bonds is 12. The Morgan fingerprint density at radius 3 is 2.27 bits per heavy atom. The van der Waals surface area contributed by atoms with E-state index in [1.807, 2.05) is 65.1 Å². The lowest BCUT2D eigenvalue weighted by Crippen LogP contribution is -2.40. The highest BCUT2D eigenvalue weighted by atomic mass is 35.5. The van der Waals surface area contributed by atoms with Gasteiger partial charge in [-0.05, 0) is 65.2 Å². The summed E-state index contributed by atoms with van der Waals surface area (Å²) in [7, 11) is 0. The standard InChI is InChI=1S/C21H36N4.C7H9ClN2.C2H6.C2H4.CH2O/c1-6-10-13-21(5,22)14-16-25(9-4)20-12-11-18(17-24-20)19(8-3)23-15-7-2;1-2-6-7(3-4-8)10-5-9-6;3*1-2/h7,11-12,15,17H,6,8-10,13-14,16,22H2,1-5H3;2-3,5H,4H2,1H3,(H,9,10);1-2H3;1-2H2;1H2/b15-7-,23-19?;6-2+,7-3+;;;. The molecular weight excluding hydrogens is 532 g/mol. The number of H-pyrrole nitrogens is 1. The normalized spacial score (nSPS) is 12.9. The summed E-state index contributed by atoms with van der Waals surface area (Å²) in [5, 5.41) is 1.96. The lowest BCUT2D eigenvalue weighted by Gasteiger charge is -2.29. The summed E-state index contributed by atoms with van der Waals surface area (Å²) >= 11 is 5.50. The molecule has 7 nitrogen and oxygen atoms in total. The van der Waals surface area contributed by atoms with Gasteiger partial charge in [-0.3, -0.25) is 4.99 Å². The van der Waals surface area contributed by atoms with E-state index in [1.54, 1.807) is 6.33 Å². The first-order chi connectivity index (χ1) is 19.8. The zero-order chi connectivity index (χ0) is 32.1. The maximum atomic E-state index is 8.00. The molecule has 1 unspecified atom stereocenters. The fourth-order valence-corrected chi connectivity index (χ4v) is 3.75. The monoisotopic (exact) mass is 588 g/mol. The number of nitrogens with one attached hydrogen (secondary N) is 1. The van der Waals surface area contributed by atoms with Crippen LogP contribution in [0.1, 0.15) is 93.1 Å². The van der Waals surface area contributed by atoms with Crippen molar-refractivity contribution in [1.29, 1.82) is 0 Å². The number of anilines is 1. The third-order valence-electron chi connectivity index (χ3n) is 5.81. The highest BCUT2D eigenvalue weighted by Crippen LogP contribution is 2.19. The van der Waals surface area contributed by atoms with Crippen LogP contribution in [0.2, 0.25) is 0 Å². The number of nitrogens with two attached hydrogens (primary N) is 1. The van der Waals surface area contributed by atoms with Crippen molar-refractivity contribution in [1.82, 2.24) is 15.0 Å². The lowest BCUT2D eigenvalue weighted by molar-refractivity contribution is -0.0980. The maximum absolute atomic E-state index is 8.00. The van der Waals surface area contributed by atoms with Crippen LogP contribution in [0.3, 0.4) is 0 Å². The summed E-state index contributed by atoms with van der Waals surface area (Å²) in [4.78, 5) is 26.5. The molecule has 41 heavy (non-hydrogen) atoms. The Hall–Kier alpha value is -3.03. The SMILES string of the molecule is C/C=C\N=C(CC)c1ccc(N(CC)CCC(C)(N)CCCC)nc1.C/C=c1/nc[nH]/c1=C/CCl.C=C.C=O.CC. The number of imidazole rings is 1. The number of halogens is 1. The Balaban J connectivity index is -0.000000746. The second-order valence-corrected chi connectivity index (χ2v) is 9.06. The minimum Gasteiger partial charge on any atom is -0.357 e. The van der Waals surface area contributed by atoms with Gasteiger partial charge in [-0.15, -0.1) is 24.8 Å². The fourth-order valence-electron chi connectivity index (χ4n) is 3.59. The largest absolute Gasteiger partial charge is 0.357 e. The van der Waals surface area contributed by atoms with Crippen LogP contribution in [0.25, 0.3) is 12.2 Å². The molecule has 2 aromatic heterocycles. The smallest absolute Gasteiger partial charge is 0.128 e. The van der Waals surface area contributed by atoms with Crippen LogP contribution in [-0.2, 0) is 4.79 Å². The number of hydrogen-bond donors (Lipinski definition) is 2. The van der Waals surface area contributed by atoms with Gasteiger partial charge in [0, 0.05) is 48.2 Å². The molecule has 0 saturated heterocycles. The van der Waals surface area contributed by atoms with Gasteiger partial charge in [0.15, 0.2) is 0 Å². The van der Waals surface area contributed by atoms with Gasteiger partial charge in [-0.25, -0.2) is 9.97 Å². The van der Waals surface area contributed by atoms with Crippen LogP contribution in [0.5, 0.6) is 0 Å². The topological polar surface area (TPSA) is 100 Å². The van der Waals surface area contributed by atoms with Gasteiger partial charge >= 0.3 is 0 Å². The van der Waals surface area contributed by atoms with E-state index in [2.05, 4.69) is 77.8 Å². The van der Waals surface area contributed by atoms with Crippen LogP contribution in [-0.4, -0.2) is 52.0 Å². The minimum absolute atomic E-state index is 0.0993. The van der Waals surface area contributed by atoms with E-state index in [9.17, 15) is 0 Å². The molecule has 2 aromatic rings. The first-order valence-electron chi connectivity index (χ1n) is 14.5. The quantitative estimate of drug-likeness (QED) is 0.161. The molecule has 0 fully saturated rings. The van der Waals surface area contributed by atoms with Crippen molar-refractivity contribution in [3.8, 4) is 0 Å². The van der Waals surface area contributed by atoms with E-state index in [0.717, 1.165) is 60.1 Å². The van der Waals surface area contributed by atoms with Crippen molar-refractivity contribution in [2.24, 2.45) is 10.7 Å². The number of allylic oxidation sites excluding steroid dienone is 1. The van der Waals surface area contributed by atoms with E-state index in [4.69, 9.17) is 22.1 Å². The fraction of sp³-hybridized carbons (Fsp3) is 0.515. The summed E-state index contributed by atoms with van der Waals surface area (Å²) in [5.74, 6) is 1.53. The van der Waals surface area contributed by atoms with E-state index in [1.165, 1.54) is 12.8 Å². The predicted octanol–water partition coefficient (Wildman–Crippen LogP) is 6.81. The molecule has 232 valence electrons. The Bertz CT molecular complexity index is 1040. The summed E-state index contributed by atoms with van der Waals surface area (Å²) < 4.78 is 0. The van der Waals surface area contributed by atoms with Crippen molar-refractivity contribution in [2.45, 2.75) is 93.0 Å². The highest BCUT2D eigenvalue weighted by Gasteiger charge is 2.19. The van der Waals surface area contributed by atoms with Gasteiger partial charge in [-0.2, -0.15) is 0 Å². The van der Waals surface area contributed by atoms with Crippen molar-refractivity contribution < 1.29 is 4.79 Å². The number of hydrogen-bond acceptors (Lipinski definition) is 6. The van der Waals surface area contributed by atoms with Gasteiger partial charge in [0.05, 0.1) is 17.0 Å². The Morgan fingerprint density at radius 1 is 1.15 bits per heavy atom. The molecule has 0 amide bonds. The zero-order valence-electron chi connectivity index (χ0n) is 27.0. The molecule has 0 radical (unpaired) electrons. The molecule has 8 heteroatoms. The number of aromatic nitrogens is 3. The number of aliphatic imine (C=N–C) groups is 1. The minimum atomic E-state index is -0.0993. The Morgan fingerprint density at radius 2 is 1.80 bits per heavy atom. The molecule has 0 aliphatic carbocycles. The number of aromatic amines is 1. The second kappa shape index (κ2) is 28.5. The van der Waals surface area contributed by atoms with Crippen LogP contribution < -0.4 is 21.3 Å². The summed E-state index contributed by atoms with van der Waals surface area (Å²) in [6.45, 7) is 26.5. The Kier molecular flexibility index (Phi) is 29.5. The van der Waals surface area contributed by atoms with Gasteiger partial charge in [0.1, 0.15) is 12.6 Å². The average molecular weight is 589 g/mol. The maximum Gasteiger partial charge on any atom is 0.128 e. The molecule has 0 spiro atoms. The molecule has 3 N–H and O–H groups in total. The third-order valence-corrected chi connectivity index (χ3v) is 5.96. The molecule has 0 saturated carbocycles. The van der Waals surface area contributed by atoms with Gasteiger partial charge in [-0.1, -0.05) is 52.7 Å². The highest BCUT2D eigenvalue weighted by molar-refractivity contribution is 6.20. The molecule has 2 heterocycles. The number of unbranched alkanes of at least 4 members (excludes halogenated alkanes) is 1. The second-order valence-electron chi connectivity index (χ2n) is 8.75. The summed E-state index contributed by atoms with van der Waals surface area (Å²) in [6.07, 6.45) is 16.5. The van der Waals surface area contributed by atoms with Gasteiger partial charge < -0.3 is 20.4 Å². The first kappa shape index (κ1) is 42.4. The number of alkyl halides is 1. The predicted molar refractivity (Wildman–Crippen MR) is 183 cm³/mol. The van der Waals surface area contributed by atoms with Crippen molar-refractivity contribution >= 4 is 42.1 Å². The van der Waals surface area contributed by atoms with Crippen LogP contribution >= 0.6 is 11.6 Å². The van der Waals surface area contributed by atoms with E-state index in [0.29, 0.717) is 5.88 Å². The molecule has 2 rings (SSSR count). The van der Waals surface area contributed by atoms with Gasteiger partial charge in [0.2, 0.25) is 0 Å². The summed E-state index contributed by atoms with van der Waals surface area (Å²) in [5.41, 5.74) is 8.50. The van der Waals surface area contributed by atoms with Crippen LogP contribution in [0.4, 0.5) is 5.82 Å².